The van der Waals surface area contributed by atoms with Crippen LogP contribution in [0.4, 0.5) is 14.9 Å². The van der Waals surface area contributed by atoms with Gasteiger partial charge in [-0.25, -0.2) is 9.18 Å². The van der Waals surface area contributed by atoms with Gasteiger partial charge in [-0.1, -0.05) is 6.07 Å². The molecule has 1 saturated heterocycles. The van der Waals surface area contributed by atoms with Crippen molar-refractivity contribution in [2.45, 2.75) is 6.10 Å². The van der Waals surface area contributed by atoms with Crippen LogP contribution in [0.1, 0.15) is 0 Å². The molecule has 1 aromatic carbocycles. The molecule has 1 aromatic rings. The van der Waals surface area contributed by atoms with Crippen molar-refractivity contribution in [2.24, 2.45) is 0 Å². The molecule has 0 spiro atoms. The van der Waals surface area contributed by atoms with Gasteiger partial charge in [0.1, 0.15) is 5.82 Å². The Morgan fingerprint density at radius 2 is 2.33 bits per heavy atom. The summed E-state index contributed by atoms with van der Waals surface area (Å²) < 4.78 is 23.5. The maximum Gasteiger partial charge on any atom is 0.319 e. The number of carbonyl (C=O) groups is 1. The zero-order valence-electron chi connectivity index (χ0n) is 9.82. The van der Waals surface area contributed by atoms with Crippen molar-refractivity contribution in [3.63, 3.8) is 0 Å². The maximum absolute atomic E-state index is 12.9. The van der Waals surface area contributed by atoms with Crippen LogP contribution in [0.5, 0.6) is 0 Å². The zero-order chi connectivity index (χ0) is 12.8. The lowest BCUT2D eigenvalue weighted by Crippen LogP contribution is -2.41. The molecule has 6 heteroatoms. The Kier molecular flexibility index (Phi) is 4.49. The fraction of sp³-hybridized carbons (Fsp3) is 0.417. The highest BCUT2D eigenvalue weighted by Crippen LogP contribution is 2.08. The number of urea groups is 1. The van der Waals surface area contributed by atoms with Gasteiger partial charge in [0.25, 0.3) is 0 Å². The molecule has 98 valence electrons. The average molecular weight is 254 g/mol. The Balaban J connectivity index is 1.74. The first-order chi connectivity index (χ1) is 8.74. The highest BCUT2D eigenvalue weighted by molar-refractivity contribution is 5.89. The number of rotatable bonds is 3. The third-order valence-corrected chi connectivity index (χ3v) is 2.46. The van der Waals surface area contributed by atoms with E-state index in [2.05, 4.69) is 10.6 Å². The van der Waals surface area contributed by atoms with E-state index >= 15 is 0 Å². The normalized spacial score (nSPS) is 19.3. The molecule has 2 rings (SSSR count). The van der Waals surface area contributed by atoms with Gasteiger partial charge in [-0.2, -0.15) is 0 Å². The van der Waals surface area contributed by atoms with Crippen LogP contribution < -0.4 is 10.6 Å². The fourth-order valence-electron chi connectivity index (χ4n) is 1.60. The number of hydrogen-bond acceptors (Lipinski definition) is 3. The van der Waals surface area contributed by atoms with Gasteiger partial charge in [-0.15, -0.1) is 0 Å². The summed E-state index contributed by atoms with van der Waals surface area (Å²) in [7, 11) is 0. The number of carbonyl (C=O) groups excluding carboxylic acids is 1. The first-order valence-electron chi connectivity index (χ1n) is 5.74. The molecule has 0 aliphatic carbocycles. The predicted octanol–water partition coefficient (Wildman–Crippen LogP) is 1.36. The quantitative estimate of drug-likeness (QED) is 0.856. The molecule has 1 aliphatic heterocycles. The van der Waals surface area contributed by atoms with Gasteiger partial charge >= 0.3 is 6.03 Å². The second-order valence-corrected chi connectivity index (χ2v) is 3.91. The number of benzene rings is 1. The monoisotopic (exact) mass is 254 g/mol. The molecule has 0 radical (unpaired) electrons. The van der Waals surface area contributed by atoms with E-state index in [1.54, 1.807) is 6.07 Å². The van der Waals surface area contributed by atoms with E-state index in [0.29, 0.717) is 32.1 Å². The molecule has 0 saturated carbocycles. The van der Waals surface area contributed by atoms with E-state index in [9.17, 15) is 9.18 Å². The molecule has 2 N–H and O–H groups in total. The van der Waals surface area contributed by atoms with Crippen LogP contribution in [0, 0.1) is 5.82 Å². The van der Waals surface area contributed by atoms with Crippen LogP contribution in [0.25, 0.3) is 0 Å². The van der Waals surface area contributed by atoms with Crippen molar-refractivity contribution < 1.29 is 18.7 Å². The van der Waals surface area contributed by atoms with Crippen molar-refractivity contribution in [1.29, 1.82) is 0 Å². The average Bonchev–Trinajstić information content (AvgIpc) is 2.38. The minimum absolute atomic E-state index is 0.128. The van der Waals surface area contributed by atoms with E-state index in [1.165, 1.54) is 18.2 Å². The van der Waals surface area contributed by atoms with E-state index in [4.69, 9.17) is 9.47 Å². The number of ether oxygens (including phenoxy) is 2. The van der Waals surface area contributed by atoms with E-state index < -0.39 is 11.8 Å². The van der Waals surface area contributed by atoms with Gasteiger partial charge in [-0.05, 0) is 18.2 Å². The van der Waals surface area contributed by atoms with Gasteiger partial charge < -0.3 is 20.1 Å². The molecular formula is C12H15FN2O3. The Morgan fingerprint density at radius 3 is 3.06 bits per heavy atom. The molecule has 18 heavy (non-hydrogen) atoms. The molecule has 0 unspecified atom stereocenters. The van der Waals surface area contributed by atoms with Crippen molar-refractivity contribution >= 4 is 11.7 Å². The summed E-state index contributed by atoms with van der Waals surface area (Å²) in [6, 6.07) is 5.32. The highest BCUT2D eigenvalue weighted by Gasteiger charge is 2.15. The molecule has 0 bridgehead atoms. The second-order valence-electron chi connectivity index (χ2n) is 3.91. The van der Waals surface area contributed by atoms with Crippen LogP contribution in [0.15, 0.2) is 24.3 Å². The zero-order valence-corrected chi connectivity index (χ0v) is 9.82. The third kappa shape index (κ3) is 3.97. The number of halogens is 1. The molecule has 1 fully saturated rings. The largest absolute Gasteiger partial charge is 0.376 e. The molecule has 5 nitrogen and oxygen atoms in total. The van der Waals surface area contributed by atoms with E-state index in [0.717, 1.165) is 0 Å². The summed E-state index contributed by atoms with van der Waals surface area (Å²) >= 11 is 0. The number of anilines is 1. The smallest absolute Gasteiger partial charge is 0.319 e. The summed E-state index contributed by atoms with van der Waals surface area (Å²) in [6.07, 6.45) is -0.128. The fourth-order valence-corrected chi connectivity index (χ4v) is 1.60. The Morgan fingerprint density at radius 1 is 1.44 bits per heavy atom. The SMILES string of the molecule is O=C(NC[C@@H]1COCCO1)Nc1cccc(F)c1. The number of nitrogens with one attached hydrogen (secondary N) is 2. The van der Waals surface area contributed by atoms with Crippen molar-refractivity contribution in [2.75, 3.05) is 31.7 Å². The van der Waals surface area contributed by atoms with Gasteiger partial charge in [-0.3, -0.25) is 0 Å². The second kappa shape index (κ2) is 6.32. The van der Waals surface area contributed by atoms with Gasteiger partial charge in [0.2, 0.25) is 0 Å². The van der Waals surface area contributed by atoms with Crippen LogP contribution >= 0.6 is 0 Å². The lowest BCUT2D eigenvalue weighted by atomic mass is 10.3. The third-order valence-electron chi connectivity index (χ3n) is 2.46. The van der Waals surface area contributed by atoms with Crippen molar-refractivity contribution in [3.8, 4) is 0 Å². The topological polar surface area (TPSA) is 59.6 Å². The Labute approximate surface area is 104 Å². The van der Waals surface area contributed by atoms with Crippen molar-refractivity contribution in [3.05, 3.63) is 30.1 Å². The lowest BCUT2D eigenvalue weighted by molar-refractivity contribution is -0.0852. The van der Waals surface area contributed by atoms with Gasteiger partial charge in [0.15, 0.2) is 0 Å². The molecule has 0 aromatic heterocycles. The van der Waals surface area contributed by atoms with Crippen LogP contribution in [-0.4, -0.2) is 38.5 Å². The molecule has 1 atom stereocenters. The molecule has 1 heterocycles. The van der Waals surface area contributed by atoms with Crippen LogP contribution in [-0.2, 0) is 9.47 Å². The van der Waals surface area contributed by atoms with Gasteiger partial charge in [0, 0.05) is 12.2 Å². The highest BCUT2D eigenvalue weighted by atomic mass is 19.1. The van der Waals surface area contributed by atoms with Crippen LogP contribution in [0.2, 0.25) is 0 Å². The van der Waals surface area contributed by atoms with Crippen LogP contribution in [0.3, 0.4) is 0 Å². The minimum atomic E-state index is -0.394. The lowest BCUT2D eigenvalue weighted by Gasteiger charge is -2.23. The first-order valence-corrected chi connectivity index (χ1v) is 5.74. The maximum atomic E-state index is 12.9. The van der Waals surface area contributed by atoms with E-state index in [-0.39, 0.29) is 6.10 Å². The minimum Gasteiger partial charge on any atom is -0.376 e. The predicted molar refractivity (Wildman–Crippen MR) is 64.0 cm³/mol. The molecule has 1 aliphatic rings. The Hall–Kier alpha value is -1.66. The summed E-state index contributed by atoms with van der Waals surface area (Å²) in [5.74, 6) is -0.392. The Bertz CT molecular complexity index is 408. The number of hydrogen-bond donors (Lipinski definition) is 2. The first kappa shape index (κ1) is 12.8. The number of amides is 2. The summed E-state index contributed by atoms with van der Waals surface area (Å²) in [4.78, 5) is 11.5. The van der Waals surface area contributed by atoms with E-state index in [1.807, 2.05) is 0 Å². The van der Waals surface area contributed by atoms with Gasteiger partial charge in [0.05, 0.1) is 25.9 Å². The standard InChI is InChI=1S/C12H15FN2O3/c13-9-2-1-3-10(6-9)15-12(16)14-7-11-8-17-4-5-18-11/h1-3,6,11H,4-5,7-8H2,(H2,14,15,16)/t11-/m1/s1. The summed E-state index contributed by atoms with van der Waals surface area (Å²) in [5, 5.41) is 5.18. The summed E-state index contributed by atoms with van der Waals surface area (Å²) in [5.41, 5.74) is 0.410. The molecular weight excluding hydrogens is 239 g/mol. The summed E-state index contributed by atoms with van der Waals surface area (Å²) in [6.45, 7) is 1.96. The molecule has 2 amide bonds. The van der Waals surface area contributed by atoms with Crippen molar-refractivity contribution in [1.82, 2.24) is 5.32 Å².